The quantitative estimate of drug-likeness (QED) is 0.854. The van der Waals surface area contributed by atoms with Crippen molar-refractivity contribution in [3.8, 4) is 0 Å². The molecule has 5 nitrogen and oxygen atoms in total. The monoisotopic (exact) mass is 234 g/mol. The van der Waals surface area contributed by atoms with Crippen LogP contribution < -0.4 is 0 Å². The third-order valence-electron chi connectivity index (χ3n) is 2.79. The second-order valence-corrected chi connectivity index (χ2v) is 4.04. The number of rotatable bonds is 5. The summed E-state index contributed by atoms with van der Waals surface area (Å²) in [6, 6.07) is 0. The summed E-state index contributed by atoms with van der Waals surface area (Å²) in [4.78, 5) is 4.06. The van der Waals surface area contributed by atoms with Crippen molar-refractivity contribution in [3.05, 3.63) is 36.2 Å². The lowest BCUT2D eigenvalue weighted by atomic mass is 10.1. The lowest BCUT2D eigenvalue weighted by Crippen LogP contribution is -2.06. The summed E-state index contributed by atoms with van der Waals surface area (Å²) in [5.74, 6) is 0. The molecule has 0 aliphatic heterocycles. The standard InChI is InChI=1S/C12H18N4O/c1-3-5-16-8-10(6-14-16)12(17)11-7-13-9-15(11)4-2/h6-9,12,17H,3-5H2,1-2H3. The molecule has 0 saturated heterocycles. The summed E-state index contributed by atoms with van der Waals surface area (Å²) in [5.41, 5.74) is 1.62. The molecule has 92 valence electrons. The Morgan fingerprint density at radius 2 is 2.18 bits per heavy atom. The highest BCUT2D eigenvalue weighted by Gasteiger charge is 2.16. The van der Waals surface area contributed by atoms with Crippen LogP contribution in [0.15, 0.2) is 24.9 Å². The Kier molecular flexibility index (Phi) is 3.58. The van der Waals surface area contributed by atoms with Gasteiger partial charge in [0.2, 0.25) is 0 Å². The highest BCUT2D eigenvalue weighted by Crippen LogP contribution is 2.21. The van der Waals surface area contributed by atoms with Gasteiger partial charge in [0, 0.05) is 24.8 Å². The third-order valence-corrected chi connectivity index (χ3v) is 2.79. The summed E-state index contributed by atoms with van der Waals surface area (Å²) in [7, 11) is 0. The van der Waals surface area contributed by atoms with Gasteiger partial charge in [0.1, 0.15) is 6.10 Å². The molecular weight excluding hydrogens is 216 g/mol. The Labute approximate surface area is 101 Å². The largest absolute Gasteiger partial charge is 0.382 e. The molecular formula is C12H18N4O. The Morgan fingerprint density at radius 3 is 2.88 bits per heavy atom. The van der Waals surface area contributed by atoms with Gasteiger partial charge >= 0.3 is 0 Å². The molecule has 0 aliphatic rings. The van der Waals surface area contributed by atoms with Crippen LogP contribution in [0.1, 0.15) is 37.6 Å². The number of nitrogens with zero attached hydrogens (tertiary/aromatic N) is 4. The summed E-state index contributed by atoms with van der Waals surface area (Å²) in [5, 5.41) is 14.5. The minimum absolute atomic E-state index is 0.650. The van der Waals surface area contributed by atoms with Crippen LogP contribution in [0.5, 0.6) is 0 Å². The van der Waals surface area contributed by atoms with Gasteiger partial charge in [-0.25, -0.2) is 4.98 Å². The Balaban J connectivity index is 2.21. The molecule has 2 heterocycles. The van der Waals surface area contributed by atoms with Crippen LogP contribution in [0.3, 0.4) is 0 Å². The molecule has 5 heteroatoms. The first-order valence-electron chi connectivity index (χ1n) is 5.96. The van der Waals surface area contributed by atoms with Crippen LogP contribution in [-0.4, -0.2) is 24.4 Å². The van der Waals surface area contributed by atoms with E-state index in [2.05, 4.69) is 17.0 Å². The van der Waals surface area contributed by atoms with Crippen LogP contribution >= 0.6 is 0 Å². The van der Waals surface area contributed by atoms with Gasteiger partial charge in [-0.2, -0.15) is 5.10 Å². The average Bonchev–Trinajstić information content (AvgIpc) is 2.96. The van der Waals surface area contributed by atoms with E-state index in [0.29, 0.717) is 0 Å². The fraction of sp³-hybridized carbons (Fsp3) is 0.500. The molecule has 2 rings (SSSR count). The fourth-order valence-corrected chi connectivity index (χ4v) is 1.87. The highest BCUT2D eigenvalue weighted by atomic mass is 16.3. The maximum Gasteiger partial charge on any atom is 0.124 e. The van der Waals surface area contributed by atoms with Gasteiger partial charge in [-0.3, -0.25) is 4.68 Å². The normalized spacial score (nSPS) is 12.9. The third kappa shape index (κ3) is 2.39. The number of hydrogen-bond acceptors (Lipinski definition) is 3. The van der Waals surface area contributed by atoms with Gasteiger partial charge in [0.05, 0.1) is 24.4 Å². The minimum atomic E-state index is -0.650. The number of aromatic nitrogens is 4. The topological polar surface area (TPSA) is 55.9 Å². The molecule has 0 amide bonds. The van der Waals surface area contributed by atoms with Gasteiger partial charge in [-0.05, 0) is 13.3 Å². The molecule has 0 aliphatic carbocycles. The Bertz CT molecular complexity index is 474. The predicted octanol–water partition coefficient (Wildman–Crippen LogP) is 1.59. The average molecular weight is 234 g/mol. The number of hydrogen-bond donors (Lipinski definition) is 1. The van der Waals surface area contributed by atoms with Gasteiger partial charge in [0.15, 0.2) is 0 Å². The van der Waals surface area contributed by atoms with Crippen molar-refractivity contribution >= 4 is 0 Å². The molecule has 1 N–H and O–H groups in total. The van der Waals surface area contributed by atoms with Crippen molar-refractivity contribution in [1.29, 1.82) is 0 Å². The van der Waals surface area contributed by atoms with Crippen molar-refractivity contribution < 1.29 is 5.11 Å². The van der Waals surface area contributed by atoms with E-state index < -0.39 is 6.10 Å². The summed E-state index contributed by atoms with van der Waals surface area (Å²) in [6.45, 7) is 5.80. The number of imidazole rings is 1. The van der Waals surface area contributed by atoms with E-state index in [1.54, 1.807) is 18.7 Å². The number of aryl methyl sites for hydroxylation is 2. The number of aliphatic hydroxyl groups is 1. The maximum absolute atomic E-state index is 10.3. The minimum Gasteiger partial charge on any atom is -0.382 e. The van der Waals surface area contributed by atoms with Crippen molar-refractivity contribution in [2.24, 2.45) is 0 Å². The fourth-order valence-electron chi connectivity index (χ4n) is 1.87. The van der Waals surface area contributed by atoms with Crippen LogP contribution in [0, 0.1) is 0 Å². The SMILES string of the molecule is CCCn1cc(C(O)c2cncn2CC)cn1. The number of aliphatic hydroxyl groups excluding tert-OH is 1. The molecule has 2 aromatic rings. The zero-order valence-corrected chi connectivity index (χ0v) is 10.2. The summed E-state index contributed by atoms with van der Waals surface area (Å²) < 4.78 is 3.78. The Morgan fingerprint density at radius 1 is 1.35 bits per heavy atom. The van der Waals surface area contributed by atoms with Crippen molar-refractivity contribution in [2.45, 2.75) is 39.5 Å². The van der Waals surface area contributed by atoms with E-state index >= 15 is 0 Å². The molecule has 1 unspecified atom stereocenters. The molecule has 0 aromatic carbocycles. The highest BCUT2D eigenvalue weighted by molar-refractivity contribution is 5.20. The van der Waals surface area contributed by atoms with E-state index in [-0.39, 0.29) is 0 Å². The van der Waals surface area contributed by atoms with E-state index in [9.17, 15) is 5.11 Å². The zero-order chi connectivity index (χ0) is 12.3. The second kappa shape index (κ2) is 5.14. The maximum atomic E-state index is 10.3. The van der Waals surface area contributed by atoms with E-state index in [0.717, 1.165) is 30.8 Å². The van der Waals surface area contributed by atoms with Gasteiger partial charge in [0.25, 0.3) is 0 Å². The van der Waals surface area contributed by atoms with Crippen LogP contribution in [-0.2, 0) is 13.1 Å². The van der Waals surface area contributed by atoms with Crippen LogP contribution in [0.4, 0.5) is 0 Å². The zero-order valence-electron chi connectivity index (χ0n) is 10.2. The molecule has 1 atom stereocenters. The Hall–Kier alpha value is -1.62. The van der Waals surface area contributed by atoms with E-state index in [4.69, 9.17) is 0 Å². The first kappa shape index (κ1) is 11.9. The van der Waals surface area contributed by atoms with Crippen molar-refractivity contribution in [3.63, 3.8) is 0 Å². The van der Waals surface area contributed by atoms with Gasteiger partial charge in [-0.1, -0.05) is 6.92 Å². The molecule has 0 spiro atoms. The lowest BCUT2D eigenvalue weighted by Gasteiger charge is -2.10. The smallest absolute Gasteiger partial charge is 0.124 e. The lowest BCUT2D eigenvalue weighted by molar-refractivity contribution is 0.210. The molecule has 0 fully saturated rings. The summed E-state index contributed by atoms with van der Waals surface area (Å²) in [6.07, 6.45) is 7.42. The van der Waals surface area contributed by atoms with Crippen molar-refractivity contribution in [1.82, 2.24) is 19.3 Å². The van der Waals surface area contributed by atoms with Crippen molar-refractivity contribution in [2.75, 3.05) is 0 Å². The van der Waals surface area contributed by atoms with Crippen LogP contribution in [0.25, 0.3) is 0 Å². The molecule has 0 radical (unpaired) electrons. The first-order chi connectivity index (χ1) is 8.26. The van der Waals surface area contributed by atoms with Crippen LogP contribution in [0.2, 0.25) is 0 Å². The van der Waals surface area contributed by atoms with Gasteiger partial charge in [-0.15, -0.1) is 0 Å². The molecule has 0 saturated carbocycles. The molecule has 17 heavy (non-hydrogen) atoms. The summed E-state index contributed by atoms with van der Waals surface area (Å²) >= 11 is 0. The van der Waals surface area contributed by atoms with Gasteiger partial charge < -0.3 is 9.67 Å². The van der Waals surface area contributed by atoms with E-state index in [1.807, 2.05) is 22.4 Å². The molecule has 0 bridgehead atoms. The van der Waals surface area contributed by atoms with E-state index in [1.165, 1.54) is 0 Å². The second-order valence-electron chi connectivity index (χ2n) is 4.04. The molecule has 2 aromatic heterocycles. The predicted molar refractivity (Wildman–Crippen MR) is 64.5 cm³/mol. The first-order valence-corrected chi connectivity index (χ1v) is 5.96.